The number of carbonyl (C=O) groups excluding carboxylic acids is 1. The van der Waals surface area contributed by atoms with Crippen LogP contribution in [0.15, 0.2) is 60.8 Å². The minimum Gasteiger partial charge on any atom is -0.321 e. The highest BCUT2D eigenvalue weighted by Gasteiger charge is 2.08. The lowest BCUT2D eigenvalue weighted by molar-refractivity contribution is 0.103. The van der Waals surface area contributed by atoms with Crippen LogP contribution >= 0.6 is 22.9 Å². The van der Waals surface area contributed by atoms with Crippen LogP contribution in [0.3, 0.4) is 0 Å². The van der Waals surface area contributed by atoms with Crippen molar-refractivity contribution in [2.45, 2.75) is 0 Å². The first-order valence-corrected chi connectivity index (χ1v) is 8.00. The first-order valence-electron chi connectivity index (χ1n) is 6.80. The van der Waals surface area contributed by atoms with Crippen molar-refractivity contribution < 1.29 is 4.79 Å². The lowest BCUT2D eigenvalue weighted by Gasteiger charge is -2.03. The molecule has 0 aliphatic heterocycles. The summed E-state index contributed by atoms with van der Waals surface area (Å²) >= 11 is 7.09. The molecule has 23 heavy (non-hydrogen) atoms. The fraction of sp³-hybridized carbons (Fsp3) is 0. The second-order valence-corrected chi connectivity index (χ2v) is 6.32. The molecule has 112 valence electrons. The standard InChI is InChI=1S/C18H11ClN2OS/c19-17-10-9-16(23-17)18(22)21-15-6-3-4-13(12-15)7-8-14-5-1-2-11-20-14/h1-6,9-12H,(H,21,22). The molecular weight excluding hydrogens is 328 g/mol. The maximum Gasteiger partial charge on any atom is 0.265 e. The third-order valence-electron chi connectivity index (χ3n) is 2.92. The summed E-state index contributed by atoms with van der Waals surface area (Å²) in [5.41, 5.74) is 2.19. The van der Waals surface area contributed by atoms with E-state index in [0.717, 1.165) is 5.56 Å². The molecule has 5 heteroatoms. The summed E-state index contributed by atoms with van der Waals surface area (Å²) in [6.45, 7) is 0. The van der Waals surface area contributed by atoms with Gasteiger partial charge in [0.15, 0.2) is 0 Å². The average molecular weight is 339 g/mol. The molecule has 2 aromatic heterocycles. The molecule has 1 amide bonds. The van der Waals surface area contributed by atoms with Crippen LogP contribution in [-0.2, 0) is 0 Å². The highest BCUT2D eigenvalue weighted by Crippen LogP contribution is 2.22. The zero-order valence-electron chi connectivity index (χ0n) is 11.9. The van der Waals surface area contributed by atoms with Gasteiger partial charge in [0, 0.05) is 17.4 Å². The Morgan fingerprint density at radius 2 is 2.00 bits per heavy atom. The lowest BCUT2D eigenvalue weighted by atomic mass is 10.2. The van der Waals surface area contributed by atoms with Crippen LogP contribution in [0, 0.1) is 11.8 Å². The molecule has 2 heterocycles. The van der Waals surface area contributed by atoms with Gasteiger partial charge in [-0.05, 0) is 48.4 Å². The van der Waals surface area contributed by atoms with Crippen molar-refractivity contribution in [3.63, 3.8) is 0 Å². The van der Waals surface area contributed by atoms with E-state index in [1.165, 1.54) is 11.3 Å². The van der Waals surface area contributed by atoms with E-state index in [4.69, 9.17) is 11.6 Å². The Hall–Kier alpha value is -2.61. The summed E-state index contributed by atoms with van der Waals surface area (Å²) < 4.78 is 0.588. The summed E-state index contributed by atoms with van der Waals surface area (Å²) in [7, 11) is 0. The van der Waals surface area contributed by atoms with E-state index in [0.29, 0.717) is 20.6 Å². The summed E-state index contributed by atoms with van der Waals surface area (Å²) in [6, 6.07) is 16.4. The molecule has 0 fully saturated rings. The van der Waals surface area contributed by atoms with Gasteiger partial charge in [-0.25, -0.2) is 4.98 Å². The van der Waals surface area contributed by atoms with Gasteiger partial charge in [0.1, 0.15) is 5.69 Å². The molecule has 1 aromatic carbocycles. The van der Waals surface area contributed by atoms with Crippen molar-refractivity contribution in [1.29, 1.82) is 0 Å². The zero-order valence-corrected chi connectivity index (χ0v) is 13.5. The third-order valence-corrected chi connectivity index (χ3v) is 4.15. The van der Waals surface area contributed by atoms with Gasteiger partial charge in [0.05, 0.1) is 9.21 Å². The minimum atomic E-state index is -0.184. The number of anilines is 1. The molecular formula is C18H11ClN2OS. The Kier molecular flexibility index (Phi) is 4.72. The van der Waals surface area contributed by atoms with Crippen molar-refractivity contribution in [3.8, 4) is 11.8 Å². The first-order chi connectivity index (χ1) is 11.2. The molecule has 0 atom stereocenters. The van der Waals surface area contributed by atoms with Crippen LogP contribution in [-0.4, -0.2) is 10.9 Å². The number of rotatable bonds is 2. The molecule has 0 aliphatic carbocycles. The van der Waals surface area contributed by atoms with Crippen LogP contribution in [0.4, 0.5) is 5.69 Å². The number of aromatic nitrogens is 1. The maximum atomic E-state index is 12.1. The minimum absolute atomic E-state index is 0.184. The van der Waals surface area contributed by atoms with E-state index in [-0.39, 0.29) is 5.91 Å². The Morgan fingerprint density at radius 3 is 2.74 bits per heavy atom. The second kappa shape index (κ2) is 7.10. The Bertz CT molecular complexity index is 894. The fourth-order valence-electron chi connectivity index (χ4n) is 1.88. The molecule has 0 aliphatic rings. The average Bonchev–Trinajstić information content (AvgIpc) is 3.01. The predicted octanol–water partition coefficient (Wildman–Crippen LogP) is 4.45. The molecule has 0 saturated carbocycles. The number of halogens is 1. The monoisotopic (exact) mass is 338 g/mol. The number of carbonyl (C=O) groups is 1. The fourth-order valence-corrected chi connectivity index (χ4v) is 2.81. The van der Waals surface area contributed by atoms with E-state index >= 15 is 0 Å². The number of nitrogens with one attached hydrogen (secondary N) is 1. The SMILES string of the molecule is O=C(Nc1cccc(C#Cc2ccccn2)c1)c1ccc(Cl)s1. The first kappa shape index (κ1) is 15.3. The van der Waals surface area contributed by atoms with E-state index in [2.05, 4.69) is 22.1 Å². The Labute approximate surface area is 143 Å². The van der Waals surface area contributed by atoms with Crippen LogP contribution in [0.25, 0.3) is 0 Å². The van der Waals surface area contributed by atoms with Gasteiger partial charge in [0.25, 0.3) is 5.91 Å². The number of amides is 1. The molecule has 0 saturated heterocycles. The summed E-state index contributed by atoms with van der Waals surface area (Å²) in [4.78, 5) is 16.8. The van der Waals surface area contributed by atoms with Gasteiger partial charge in [-0.2, -0.15) is 0 Å². The van der Waals surface area contributed by atoms with E-state index in [1.807, 2.05) is 42.5 Å². The topological polar surface area (TPSA) is 42.0 Å². The van der Waals surface area contributed by atoms with Gasteiger partial charge in [-0.3, -0.25) is 4.79 Å². The highest BCUT2D eigenvalue weighted by molar-refractivity contribution is 7.18. The number of pyridine rings is 1. The lowest BCUT2D eigenvalue weighted by Crippen LogP contribution is -2.09. The molecule has 3 aromatic rings. The van der Waals surface area contributed by atoms with Crippen molar-refractivity contribution in [1.82, 2.24) is 4.98 Å². The highest BCUT2D eigenvalue weighted by atomic mass is 35.5. The number of hydrogen-bond donors (Lipinski definition) is 1. The van der Waals surface area contributed by atoms with E-state index in [9.17, 15) is 4.79 Å². The third kappa shape index (κ3) is 4.19. The number of hydrogen-bond acceptors (Lipinski definition) is 3. The van der Waals surface area contributed by atoms with Crippen LogP contribution in [0.5, 0.6) is 0 Å². The Balaban J connectivity index is 1.75. The molecule has 3 rings (SSSR count). The molecule has 0 spiro atoms. The van der Waals surface area contributed by atoms with Gasteiger partial charge in [-0.15, -0.1) is 11.3 Å². The summed E-state index contributed by atoms with van der Waals surface area (Å²) in [6.07, 6.45) is 1.70. The van der Waals surface area contributed by atoms with Crippen molar-refractivity contribution in [2.75, 3.05) is 5.32 Å². The molecule has 0 unspecified atom stereocenters. The van der Waals surface area contributed by atoms with Crippen LogP contribution in [0.1, 0.15) is 20.9 Å². The van der Waals surface area contributed by atoms with Crippen LogP contribution in [0.2, 0.25) is 4.34 Å². The second-order valence-electron chi connectivity index (χ2n) is 4.60. The Morgan fingerprint density at radius 1 is 1.09 bits per heavy atom. The van der Waals surface area contributed by atoms with Crippen molar-refractivity contribution in [3.05, 3.63) is 81.3 Å². The quantitative estimate of drug-likeness (QED) is 0.701. The van der Waals surface area contributed by atoms with E-state index < -0.39 is 0 Å². The van der Waals surface area contributed by atoms with Crippen molar-refractivity contribution >= 4 is 34.5 Å². The van der Waals surface area contributed by atoms with Gasteiger partial charge in [-0.1, -0.05) is 29.7 Å². The number of nitrogens with zero attached hydrogens (tertiary/aromatic N) is 1. The molecule has 1 N–H and O–H groups in total. The van der Waals surface area contributed by atoms with Crippen LogP contribution < -0.4 is 5.32 Å². The van der Waals surface area contributed by atoms with E-state index in [1.54, 1.807) is 18.3 Å². The van der Waals surface area contributed by atoms with Crippen molar-refractivity contribution in [2.24, 2.45) is 0 Å². The van der Waals surface area contributed by atoms with Gasteiger partial charge >= 0.3 is 0 Å². The molecule has 0 radical (unpaired) electrons. The number of thiophene rings is 1. The van der Waals surface area contributed by atoms with Gasteiger partial charge < -0.3 is 5.32 Å². The normalized spacial score (nSPS) is 9.78. The predicted molar refractivity (Wildman–Crippen MR) is 93.9 cm³/mol. The molecule has 0 bridgehead atoms. The van der Waals surface area contributed by atoms with Gasteiger partial charge in [0.2, 0.25) is 0 Å². The summed E-state index contributed by atoms with van der Waals surface area (Å²) in [5.74, 6) is 5.84. The molecule has 3 nitrogen and oxygen atoms in total. The zero-order chi connectivity index (χ0) is 16.1. The largest absolute Gasteiger partial charge is 0.321 e. The number of benzene rings is 1. The summed E-state index contributed by atoms with van der Waals surface area (Å²) in [5, 5.41) is 2.84. The maximum absolute atomic E-state index is 12.1. The smallest absolute Gasteiger partial charge is 0.265 e.